The summed E-state index contributed by atoms with van der Waals surface area (Å²) < 4.78 is 9.80. The Bertz CT molecular complexity index is 631. The Morgan fingerprint density at radius 1 is 0.917 bits per heavy atom. The van der Waals surface area contributed by atoms with Crippen LogP contribution >= 0.6 is 0 Å². The van der Waals surface area contributed by atoms with Gasteiger partial charge >= 0.3 is 12.1 Å². The lowest BCUT2D eigenvalue weighted by molar-refractivity contribution is -0.138. The Balaban J connectivity index is 1.97. The Morgan fingerprint density at radius 3 is 1.92 bits per heavy atom. The molecule has 0 unspecified atom stereocenters. The average molecular weight is 325 g/mol. The van der Waals surface area contributed by atoms with Gasteiger partial charge in [0.2, 0.25) is 0 Å². The summed E-state index contributed by atoms with van der Waals surface area (Å²) in [6, 6.07) is 18.9. The molecule has 2 rings (SSSR count). The standard InChI is InChI=1S/C19H19NO4/c1-2-17(21)23-13-14-24-19(22)20-18(15-9-5-3-6-10-15)16-11-7-4-8-12-16/h2-12,18H,1,13-14H2,(H,20,22). The maximum absolute atomic E-state index is 12.0. The smallest absolute Gasteiger partial charge is 0.408 e. The van der Waals surface area contributed by atoms with E-state index < -0.39 is 12.1 Å². The molecule has 0 radical (unpaired) electrons. The van der Waals surface area contributed by atoms with E-state index in [0.717, 1.165) is 17.2 Å². The first-order valence-electron chi connectivity index (χ1n) is 7.53. The zero-order chi connectivity index (χ0) is 17.2. The van der Waals surface area contributed by atoms with Gasteiger partial charge in [-0.25, -0.2) is 9.59 Å². The van der Waals surface area contributed by atoms with Gasteiger partial charge < -0.3 is 14.8 Å². The first-order valence-corrected chi connectivity index (χ1v) is 7.53. The highest BCUT2D eigenvalue weighted by atomic mass is 16.6. The van der Waals surface area contributed by atoms with Gasteiger partial charge in [0, 0.05) is 6.08 Å². The summed E-state index contributed by atoms with van der Waals surface area (Å²) in [5, 5.41) is 2.83. The Kier molecular flexibility index (Phi) is 6.58. The number of nitrogens with one attached hydrogen (secondary N) is 1. The number of rotatable bonds is 7. The van der Waals surface area contributed by atoms with Crippen LogP contribution in [0.3, 0.4) is 0 Å². The quantitative estimate of drug-likeness (QED) is 0.482. The van der Waals surface area contributed by atoms with E-state index in [1.807, 2.05) is 60.7 Å². The fourth-order valence-corrected chi connectivity index (χ4v) is 2.15. The molecular formula is C19H19NO4. The first kappa shape index (κ1) is 17.3. The topological polar surface area (TPSA) is 64.6 Å². The number of carbonyl (C=O) groups excluding carboxylic acids is 2. The summed E-state index contributed by atoms with van der Waals surface area (Å²) in [5.41, 5.74) is 1.89. The number of alkyl carbamates (subject to hydrolysis) is 1. The lowest BCUT2D eigenvalue weighted by Crippen LogP contribution is -2.30. The van der Waals surface area contributed by atoms with E-state index in [1.165, 1.54) is 0 Å². The number of benzene rings is 2. The Labute approximate surface area is 140 Å². The molecule has 0 aliphatic carbocycles. The van der Waals surface area contributed by atoms with Gasteiger partial charge in [-0.3, -0.25) is 0 Å². The van der Waals surface area contributed by atoms with Crippen molar-refractivity contribution in [2.45, 2.75) is 6.04 Å². The van der Waals surface area contributed by atoms with E-state index >= 15 is 0 Å². The van der Waals surface area contributed by atoms with Crippen molar-refractivity contribution in [1.82, 2.24) is 5.32 Å². The maximum atomic E-state index is 12.0. The van der Waals surface area contributed by atoms with E-state index in [2.05, 4.69) is 11.9 Å². The molecule has 0 aliphatic heterocycles. The third-order valence-electron chi connectivity index (χ3n) is 3.26. The van der Waals surface area contributed by atoms with Crippen molar-refractivity contribution >= 4 is 12.1 Å². The number of carbonyl (C=O) groups is 2. The van der Waals surface area contributed by atoms with Gasteiger partial charge in [-0.2, -0.15) is 0 Å². The van der Waals surface area contributed by atoms with Crippen molar-refractivity contribution in [2.24, 2.45) is 0 Å². The Hall–Kier alpha value is -3.08. The lowest BCUT2D eigenvalue weighted by atomic mass is 9.99. The molecule has 0 saturated heterocycles. The number of esters is 1. The highest BCUT2D eigenvalue weighted by molar-refractivity contribution is 5.81. The molecule has 0 atom stereocenters. The van der Waals surface area contributed by atoms with Crippen molar-refractivity contribution in [3.05, 3.63) is 84.4 Å². The summed E-state index contributed by atoms with van der Waals surface area (Å²) >= 11 is 0. The second-order valence-electron chi connectivity index (χ2n) is 4.91. The summed E-state index contributed by atoms with van der Waals surface area (Å²) in [6.07, 6.45) is 0.475. The molecule has 5 heteroatoms. The van der Waals surface area contributed by atoms with Crippen LogP contribution < -0.4 is 5.32 Å². The molecule has 0 aliphatic rings. The normalized spacial score (nSPS) is 10.0. The van der Waals surface area contributed by atoms with Gasteiger partial charge in [-0.15, -0.1) is 0 Å². The van der Waals surface area contributed by atoms with Gasteiger partial charge in [0.25, 0.3) is 0 Å². The third-order valence-corrected chi connectivity index (χ3v) is 3.26. The fourth-order valence-electron chi connectivity index (χ4n) is 2.15. The summed E-state index contributed by atoms with van der Waals surface area (Å²) in [7, 11) is 0. The predicted molar refractivity (Wildman–Crippen MR) is 90.4 cm³/mol. The molecule has 124 valence electrons. The fraction of sp³-hybridized carbons (Fsp3) is 0.158. The molecule has 5 nitrogen and oxygen atoms in total. The molecule has 0 fully saturated rings. The number of hydrogen-bond acceptors (Lipinski definition) is 4. The van der Waals surface area contributed by atoms with Crippen molar-refractivity contribution < 1.29 is 19.1 Å². The van der Waals surface area contributed by atoms with E-state index in [4.69, 9.17) is 9.47 Å². The van der Waals surface area contributed by atoms with Crippen LogP contribution in [0.25, 0.3) is 0 Å². The summed E-state index contributed by atoms with van der Waals surface area (Å²) in [6.45, 7) is 3.25. The average Bonchev–Trinajstić information content (AvgIpc) is 2.64. The van der Waals surface area contributed by atoms with Crippen molar-refractivity contribution in [1.29, 1.82) is 0 Å². The van der Waals surface area contributed by atoms with Crippen LogP contribution in [0, 0.1) is 0 Å². The summed E-state index contributed by atoms with van der Waals surface area (Å²) in [5.74, 6) is -0.551. The van der Waals surface area contributed by atoms with Crippen LogP contribution in [-0.2, 0) is 14.3 Å². The largest absolute Gasteiger partial charge is 0.459 e. The molecule has 24 heavy (non-hydrogen) atoms. The first-order chi connectivity index (χ1) is 11.7. The maximum Gasteiger partial charge on any atom is 0.408 e. The molecule has 0 bridgehead atoms. The van der Waals surface area contributed by atoms with Gasteiger partial charge in [-0.1, -0.05) is 67.2 Å². The number of amides is 1. The highest BCUT2D eigenvalue weighted by Gasteiger charge is 2.17. The second kappa shape index (κ2) is 9.15. The summed E-state index contributed by atoms with van der Waals surface area (Å²) in [4.78, 5) is 22.9. The highest BCUT2D eigenvalue weighted by Crippen LogP contribution is 2.21. The van der Waals surface area contributed by atoms with Crippen LogP contribution in [-0.4, -0.2) is 25.3 Å². The monoisotopic (exact) mass is 325 g/mol. The number of ether oxygens (including phenoxy) is 2. The molecule has 0 saturated carbocycles. The van der Waals surface area contributed by atoms with Gasteiger partial charge in [0.15, 0.2) is 0 Å². The van der Waals surface area contributed by atoms with E-state index in [1.54, 1.807) is 0 Å². The van der Waals surface area contributed by atoms with Gasteiger partial charge in [-0.05, 0) is 11.1 Å². The molecule has 0 aromatic heterocycles. The lowest BCUT2D eigenvalue weighted by Gasteiger charge is -2.19. The zero-order valence-corrected chi connectivity index (χ0v) is 13.2. The van der Waals surface area contributed by atoms with E-state index in [0.29, 0.717) is 0 Å². The van der Waals surface area contributed by atoms with Crippen molar-refractivity contribution in [2.75, 3.05) is 13.2 Å². The minimum absolute atomic E-state index is 0.0143. The number of hydrogen-bond donors (Lipinski definition) is 1. The second-order valence-corrected chi connectivity index (χ2v) is 4.91. The zero-order valence-electron chi connectivity index (χ0n) is 13.2. The van der Waals surface area contributed by atoms with Crippen LogP contribution in [0.15, 0.2) is 73.3 Å². The van der Waals surface area contributed by atoms with E-state index in [-0.39, 0.29) is 19.3 Å². The van der Waals surface area contributed by atoms with Gasteiger partial charge in [0.05, 0.1) is 6.04 Å². The minimum atomic E-state index is -0.581. The van der Waals surface area contributed by atoms with Crippen LogP contribution in [0.4, 0.5) is 4.79 Å². The van der Waals surface area contributed by atoms with Gasteiger partial charge in [0.1, 0.15) is 13.2 Å². The van der Waals surface area contributed by atoms with Crippen LogP contribution in [0.1, 0.15) is 17.2 Å². The molecular weight excluding hydrogens is 306 g/mol. The van der Waals surface area contributed by atoms with Crippen LogP contribution in [0.2, 0.25) is 0 Å². The third kappa shape index (κ3) is 5.28. The molecule has 0 spiro atoms. The minimum Gasteiger partial charge on any atom is -0.459 e. The van der Waals surface area contributed by atoms with Crippen molar-refractivity contribution in [3.8, 4) is 0 Å². The molecule has 1 N–H and O–H groups in total. The SMILES string of the molecule is C=CC(=O)OCCOC(=O)NC(c1ccccc1)c1ccccc1. The van der Waals surface area contributed by atoms with E-state index in [9.17, 15) is 9.59 Å². The molecule has 0 heterocycles. The Morgan fingerprint density at radius 2 is 1.42 bits per heavy atom. The van der Waals surface area contributed by atoms with Crippen molar-refractivity contribution in [3.63, 3.8) is 0 Å². The molecule has 2 aromatic rings. The van der Waals surface area contributed by atoms with Crippen LogP contribution in [0.5, 0.6) is 0 Å². The molecule has 2 aromatic carbocycles. The molecule has 1 amide bonds. The predicted octanol–water partition coefficient (Wildman–Crippen LogP) is 3.23.